The van der Waals surface area contributed by atoms with Crippen LogP contribution < -0.4 is 10.6 Å². The second kappa shape index (κ2) is 8.65. The summed E-state index contributed by atoms with van der Waals surface area (Å²) >= 11 is 0. The number of carbonyl (C=O) groups is 1. The summed E-state index contributed by atoms with van der Waals surface area (Å²) in [6.07, 6.45) is 2.97. The summed E-state index contributed by atoms with van der Waals surface area (Å²) in [4.78, 5) is 16.9. The molecule has 2 unspecified atom stereocenters. The van der Waals surface area contributed by atoms with E-state index in [1.165, 1.54) is 0 Å². The van der Waals surface area contributed by atoms with E-state index in [1.54, 1.807) is 0 Å². The van der Waals surface area contributed by atoms with E-state index in [9.17, 15) is 4.79 Å². The van der Waals surface area contributed by atoms with E-state index in [-0.39, 0.29) is 11.9 Å². The highest BCUT2D eigenvalue weighted by Crippen LogP contribution is 2.13. The van der Waals surface area contributed by atoms with Gasteiger partial charge >= 0.3 is 0 Å². The average molecular weight is 291 g/mol. The van der Waals surface area contributed by atoms with Gasteiger partial charge in [0.2, 0.25) is 0 Å². The van der Waals surface area contributed by atoms with Crippen molar-refractivity contribution < 1.29 is 4.79 Å². The first kappa shape index (κ1) is 17.5. The van der Waals surface area contributed by atoms with Crippen LogP contribution >= 0.6 is 0 Å². The molecule has 0 saturated carbocycles. The van der Waals surface area contributed by atoms with Crippen molar-refractivity contribution in [2.24, 2.45) is 5.92 Å². The molecule has 1 aromatic heterocycles. The number of hydrogen-bond acceptors (Lipinski definition) is 3. The van der Waals surface area contributed by atoms with Gasteiger partial charge in [0.25, 0.3) is 5.91 Å². The topological polar surface area (TPSA) is 54.0 Å². The van der Waals surface area contributed by atoms with Crippen molar-refractivity contribution in [2.75, 3.05) is 11.9 Å². The number of anilines is 1. The third-order valence-corrected chi connectivity index (χ3v) is 3.69. The highest BCUT2D eigenvalue weighted by atomic mass is 16.1. The third kappa shape index (κ3) is 5.74. The lowest BCUT2D eigenvalue weighted by molar-refractivity contribution is 0.0935. The molecule has 118 valence electrons. The predicted octanol–water partition coefficient (Wildman–Crippen LogP) is 3.63. The first-order chi connectivity index (χ1) is 9.99. The van der Waals surface area contributed by atoms with Crippen LogP contribution in [0.15, 0.2) is 12.1 Å². The first-order valence-electron chi connectivity index (χ1n) is 8.05. The van der Waals surface area contributed by atoms with E-state index in [1.807, 2.05) is 26.0 Å². The molecule has 2 atom stereocenters. The maximum Gasteiger partial charge on any atom is 0.251 e. The highest BCUT2D eigenvalue weighted by Gasteiger charge is 2.14. The first-order valence-corrected chi connectivity index (χ1v) is 8.05. The predicted molar refractivity (Wildman–Crippen MR) is 88.8 cm³/mol. The van der Waals surface area contributed by atoms with Gasteiger partial charge in [0.15, 0.2) is 0 Å². The lowest BCUT2D eigenvalue weighted by Gasteiger charge is -2.18. The van der Waals surface area contributed by atoms with Gasteiger partial charge in [0.1, 0.15) is 5.82 Å². The maximum absolute atomic E-state index is 12.4. The van der Waals surface area contributed by atoms with Crippen LogP contribution in [0.2, 0.25) is 0 Å². The van der Waals surface area contributed by atoms with E-state index < -0.39 is 0 Å². The molecule has 1 amide bonds. The van der Waals surface area contributed by atoms with Crippen LogP contribution in [0.25, 0.3) is 0 Å². The molecule has 2 N–H and O–H groups in total. The molecule has 1 aromatic rings. The van der Waals surface area contributed by atoms with Gasteiger partial charge in [-0.05, 0) is 44.7 Å². The minimum atomic E-state index is -0.0120. The van der Waals surface area contributed by atoms with Crippen molar-refractivity contribution in [3.8, 4) is 0 Å². The average Bonchev–Trinajstić information content (AvgIpc) is 2.46. The summed E-state index contributed by atoms with van der Waals surface area (Å²) in [5.74, 6) is 1.39. The van der Waals surface area contributed by atoms with Crippen LogP contribution in [0.5, 0.6) is 0 Å². The Balaban J connectivity index is 2.78. The monoisotopic (exact) mass is 291 g/mol. The van der Waals surface area contributed by atoms with Crippen LogP contribution in [-0.4, -0.2) is 23.5 Å². The van der Waals surface area contributed by atoms with Crippen LogP contribution in [0, 0.1) is 5.92 Å². The summed E-state index contributed by atoms with van der Waals surface area (Å²) in [6.45, 7) is 11.3. The molecule has 0 spiro atoms. The molecular weight excluding hydrogens is 262 g/mol. The van der Waals surface area contributed by atoms with Gasteiger partial charge in [-0.1, -0.05) is 27.2 Å². The second-order valence-corrected chi connectivity index (χ2v) is 5.74. The Morgan fingerprint density at radius 3 is 2.52 bits per heavy atom. The van der Waals surface area contributed by atoms with Crippen molar-refractivity contribution in [2.45, 2.75) is 59.9 Å². The van der Waals surface area contributed by atoms with Gasteiger partial charge in [-0.25, -0.2) is 4.98 Å². The fourth-order valence-electron chi connectivity index (χ4n) is 2.31. The van der Waals surface area contributed by atoms with Gasteiger partial charge in [-0.15, -0.1) is 0 Å². The van der Waals surface area contributed by atoms with E-state index in [0.717, 1.165) is 37.3 Å². The largest absolute Gasteiger partial charge is 0.370 e. The molecule has 0 aliphatic carbocycles. The number of carbonyl (C=O) groups excluding carboxylic acids is 1. The SMILES string of the molecule is CCNc1cc(C(=O)NC(C)CC(C)CC)cc(CC)n1. The minimum absolute atomic E-state index is 0.0120. The van der Waals surface area contributed by atoms with Gasteiger partial charge in [-0.2, -0.15) is 0 Å². The second-order valence-electron chi connectivity index (χ2n) is 5.74. The number of hydrogen-bond donors (Lipinski definition) is 2. The van der Waals surface area contributed by atoms with Crippen LogP contribution in [0.4, 0.5) is 5.82 Å². The van der Waals surface area contributed by atoms with Gasteiger partial charge in [-0.3, -0.25) is 4.79 Å². The zero-order valence-electron chi connectivity index (χ0n) is 14.0. The molecule has 4 nitrogen and oxygen atoms in total. The molecule has 0 fully saturated rings. The standard InChI is InChI=1S/C17H29N3O/c1-6-12(4)9-13(5)19-17(21)14-10-15(7-2)20-16(11-14)18-8-3/h10-13H,6-9H2,1-5H3,(H,18,20)(H,19,21). The molecule has 0 saturated heterocycles. The number of nitrogens with zero attached hydrogens (tertiary/aromatic N) is 1. The van der Waals surface area contributed by atoms with Crippen molar-refractivity contribution in [1.29, 1.82) is 0 Å². The fourth-order valence-corrected chi connectivity index (χ4v) is 2.31. The molecule has 0 bridgehead atoms. The molecule has 1 heterocycles. The molecule has 21 heavy (non-hydrogen) atoms. The van der Waals surface area contributed by atoms with Crippen molar-refractivity contribution in [3.63, 3.8) is 0 Å². The Kier molecular flexibility index (Phi) is 7.20. The van der Waals surface area contributed by atoms with Crippen LogP contribution in [0.3, 0.4) is 0 Å². The maximum atomic E-state index is 12.4. The van der Waals surface area contributed by atoms with E-state index >= 15 is 0 Å². The summed E-state index contributed by atoms with van der Waals surface area (Å²) < 4.78 is 0. The molecule has 0 radical (unpaired) electrons. The molecule has 0 aliphatic heterocycles. The molecule has 0 aromatic carbocycles. The Morgan fingerprint density at radius 2 is 1.95 bits per heavy atom. The van der Waals surface area contributed by atoms with Gasteiger partial charge < -0.3 is 10.6 Å². The van der Waals surface area contributed by atoms with Crippen molar-refractivity contribution >= 4 is 11.7 Å². The minimum Gasteiger partial charge on any atom is -0.370 e. The highest BCUT2D eigenvalue weighted by molar-refractivity contribution is 5.95. The number of nitrogens with one attached hydrogen (secondary N) is 2. The van der Waals surface area contributed by atoms with E-state index in [2.05, 4.69) is 36.4 Å². The van der Waals surface area contributed by atoms with Crippen LogP contribution in [-0.2, 0) is 6.42 Å². The number of rotatable bonds is 8. The zero-order valence-corrected chi connectivity index (χ0v) is 14.0. The van der Waals surface area contributed by atoms with E-state index in [0.29, 0.717) is 11.5 Å². The number of pyridine rings is 1. The Hall–Kier alpha value is -1.58. The quantitative estimate of drug-likeness (QED) is 0.769. The Labute approximate surface area is 128 Å². The lowest BCUT2D eigenvalue weighted by Crippen LogP contribution is -2.33. The smallest absolute Gasteiger partial charge is 0.251 e. The summed E-state index contributed by atoms with van der Waals surface area (Å²) in [5, 5.41) is 6.27. The Bertz CT molecular complexity index is 459. The molecule has 0 aliphatic rings. The van der Waals surface area contributed by atoms with Crippen molar-refractivity contribution in [1.82, 2.24) is 10.3 Å². The molecular formula is C17H29N3O. The number of aryl methyl sites for hydroxylation is 1. The third-order valence-electron chi connectivity index (χ3n) is 3.69. The van der Waals surface area contributed by atoms with E-state index in [4.69, 9.17) is 0 Å². The lowest BCUT2D eigenvalue weighted by atomic mass is 10.00. The number of amides is 1. The molecule has 1 rings (SSSR count). The normalized spacial score (nSPS) is 13.6. The summed E-state index contributed by atoms with van der Waals surface area (Å²) in [5.41, 5.74) is 1.63. The Morgan fingerprint density at radius 1 is 1.24 bits per heavy atom. The summed E-state index contributed by atoms with van der Waals surface area (Å²) in [7, 11) is 0. The van der Waals surface area contributed by atoms with Crippen LogP contribution in [0.1, 0.15) is 63.5 Å². The van der Waals surface area contributed by atoms with Crippen molar-refractivity contribution in [3.05, 3.63) is 23.4 Å². The molecule has 4 heteroatoms. The zero-order chi connectivity index (χ0) is 15.8. The number of aromatic nitrogens is 1. The summed E-state index contributed by atoms with van der Waals surface area (Å²) in [6, 6.07) is 3.90. The van der Waals surface area contributed by atoms with Gasteiger partial charge in [0.05, 0.1) is 0 Å². The van der Waals surface area contributed by atoms with Gasteiger partial charge in [0, 0.05) is 23.8 Å². The fraction of sp³-hybridized carbons (Fsp3) is 0.647.